The predicted octanol–water partition coefficient (Wildman–Crippen LogP) is 4.53. The zero-order chi connectivity index (χ0) is 18.1. The molecule has 0 aromatic heterocycles. The van der Waals surface area contributed by atoms with Gasteiger partial charge in [-0.1, -0.05) is 30.3 Å². The molecule has 25 heavy (non-hydrogen) atoms. The van der Waals surface area contributed by atoms with Crippen molar-refractivity contribution in [3.63, 3.8) is 0 Å². The first-order valence-electron chi connectivity index (χ1n) is 8.13. The molecule has 0 saturated heterocycles. The third-order valence-corrected chi connectivity index (χ3v) is 4.72. The third kappa shape index (κ3) is 6.89. The smallest absolute Gasteiger partial charge is 0.319 e. The fourth-order valence-corrected chi connectivity index (χ4v) is 3.24. The van der Waals surface area contributed by atoms with Crippen LogP contribution in [0.25, 0.3) is 0 Å². The first-order chi connectivity index (χ1) is 12.0. The molecule has 0 bridgehead atoms. The molecular formula is C19H22N2O3S. The van der Waals surface area contributed by atoms with Gasteiger partial charge < -0.3 is 15.7 Å². The summed E-state index contributed by atoms with van der Waals surface area (Å²) < 4.78 is 0. The lowest BCUT2D eigenvalue weighted by Crippen LogP contribution is -2.29. The van der Waals surface area contributed by atoms with E-state index in [1.54, 1.807) is 11.8 Å². The van der Waals surface area contributed by atoms with Crippen LogP contribution < -0.4 is 10.6 Å². The van der Waals surface area contributed by atoms with Crippen molar-refractivity contribution in [1.82, 2.24) is 5.32 Å². The van der Waals surface area contributed by atoms with Crippen LogP contribution in [-0.2, 0) is 4.79 Å². The second-order valence-electron chi connectivity index (χ2n) is 5.57. The standard InChI is InChI=1S/C19H22N2O3S/c1-14(25-17-6-3-2-4-7-17)15-9-11-16(12-10-15)21-19(24)20-13-5-8-18(22)23/h2-4,6-7,9-12,14H,5,8,13H2,1H3,(H,22,23)(H2,20,21,24). The number of amides is 2. The number of thioether (sulfide) groups is 1. The van der Waals surface area contributed by atoms with Crippen LogP contribution in [0.15, 0.2) is 59.5 Å². The number of anilines is 1. The van der Waals surface area contributed by atoms with Gasteiger partial charge in [-0.15, -0.1) is 11.8 Å². The maximum Gasteiger partial charge on any atom is 0.319 e. The molecule has 0 saturated carbocycles. The lowest BCUT2D eigenvalue weighted by Gasteiger charge is -2.13. The molecule has 0 heterocycles. The number of hydrogen-bond acceptors (Lipinski definition) is 3. The van der Waals surface area contributed by atoms with Gasteiger partial charge in [-0.2, -0.15) is 0 Å². The van der Waals surface area contributed by atoms with Crippen molar-refractivity contribution >= 4 is 29.4 Å². The number of benzene rings is 2. The molecule has 0 spiro atoms. The number of nitrogens with one attached hydrogen (secondary N) is 2. The highest BCUT2D eigenvalue weighted by Crippen LogP contribution is 2.34. The quantitative estimate of drug-likeness (QED) is 0.479. The van der Waals surface area contributed by atoms with E-state index in [0.29, 0.717) is 23.9 Å². The van der Waals surface area contributed by atoms with E-state index in [9.17, 15) is 9.59 Å². The molecule has 5 nitrogen and oxygen atoms in total. The molecule has 0 aliphatic rings. The molecule has 1 unspecified atom stereocenters. The number of rotatable bonds is 8. The number of urea groups is 1. The van der Waals surface area contributed by atoms with Crippen LogP contribution in [0.1, 0.15) is 30.6 Å². The van der Waals surface area contributed by atoms with Crippen molar-refractivity contribution in [3.8, 4) is 0 Å². The average molecular weight is 358 g/mol. The molecule has 0 radical (unpaired) electrons. The lowest BCUT2D eigenvalue weighted by atomic mass is 10.1. The molecular weight excluding hydrogens is 336 g/mol. The van der Waals surface area contributed by atoms with E-state index in [-0.39, 0.29) is 12.5 Å². The molecule has 2 aromatic carbocycles. The summed E-state index contributed by atoms with van der Waals surface area (Å²) in [6.07, 6.45) is 0.460. The van der Waals surface area contributed by atoms with Gasteiger partial charge in [-0.25, -0.2) is 4.79 Å². The van der Waals surface area contributed by atoms with Gasteiger partial charge in [0.05, 0.1) is 0 Å². The van der Waals surface area contributed by atoms with E-state index in [4.69, 9.17) is 5.11 Å². The summed E-state index contributed by atoms with van der Waals surface area (Å²) in [5.74, 6) is -0.861. The van der Waals surface area contributed by atoms with Crippen LogP contribution in [0, 0.1) is 0 Å². The summed E-state index contributed by atoms with van der Waals surface area (Å²) in [6, 6.07) is 17.6. The average Bonchev–Trinajstić information content (AvgIpc) is 2.60. The maximum atomic E-state index is 11.7. The minimum atomic E-state index is -0.861. The van der Waals surface area contributed by atoms with E-state index < -0.39 is 5.97 Å². The molecule has 2 aromatic rings. The second kappa shape index (κ2) is 9.74. The summed E-state index contributed by atoms with van der Waals surface area (Å²) >= 11 is 1.78. The topological polar surface area (TPSA) is 78.4 Å². The van der Waals surface area contributed by atoms with Crippen molar-refractivity contribution in [2.24, 2.45) is 0 Å². The van der Waals surface area contributed by atoms with Crippen molar-refractivity contribution in [2.75, 3.05) is 11.9 Å². The van der Waals surface area contributed by atoms with E-state index in [1.165, 1.54) is 10.5 Å². The molecule has 0 aliphatic carbocycles. The van der Waals surface area contributed by atoms with Gasteiger partial charge in [-0.05, 0) is 43.2 Å². The number of carboxylic acids is 1. The van der Waals surface area contributed by atoms with Crippen LogP contribution in [0.3, 0.4) is 0 Å². The van der Waals surface area contributed by atoms with Crippen LogP contribution in [0.5, 0.6) is 0 Å². The van der Waals surface area contributed by atoms with Crippen molar-refractivity contribution in [1.29, 1.82) is 0 Å². The van der Waals surface area contributed by atoms with E-state index >= 15 is 0 Å². The predicted molar refractivity (Wildman–Crippen MR) is 101 cm³/mol. The van der Waals surface area contributed by atoms with Crippen molar-refractivity contribution in [3.05, 3.63) is 60.2 Å². The first kappa shape index (κ1) is 18.9. The summed E-state index contributed by atoms with van der Waals surface area (Å²) in [5.41, 5.74) is 1.89. The minimum Gasteiger partial charge on any atom is -0.481 e. The van der Waals surface area contributed by atoms with Gasteiger partial charge >= 0.3 is 12.0 Å². The summed E-state index contributed by atoms with van der Waals surface area (Å²) in [5, 5.41) is 14.2. The lowest BCUT2D eigenvalue weighted by molar-refractivity contribution is -0.137. The Morgan fingerprint density at radius 3 is 2.40 bits per heavy atom. The van der Waals surface area contributed by atoms with Gasteiger partial charge in [0.25, 0.3) is 0 Å². The molecule has 0 aliphatic heterocycles. The van der Waals surface area contributed by atoms with Crippen LogP contribution in [-0.4, -0.2) is 23.7 Å². The summed E-state index contributed by atoms with van der Waals surface area (Å²) in [4.78, 5) is 23.4. The number of carboxylic acid groups (broad SMARTS) is 1. The Hall–Kier alpha value is -2.47. The zero-order valence-corrected chi connectivity index (χ0v) is 14.9. The highest BCUT2D eigenvalue weighted by Gasteiger charge is 2.08. The summed E-state index contributed by atoms with van der Waals surface area (Å²) in [6.45, 7) is 2.48. The van der Waals surface area contributed by atoms with Gasteiger partial charge in [0.2, 0.25) is 0 Å². The Morgan fingerprint density at radius 2 is 1.76 bits per heavy atom. The molecule has 2 rings (SSSR count). The highest BCUT2D eigenvalue weighted by molar-refractivity contribution is 7.99. The number of carbonyl (C=O) groups excluding carboxylic acids is 1. The molecule has 0 fully saturated rings. The second-order valence-corrected chi connectivity index (χ2v) is 6.99. The summed E-state index contributed by atoms with van der Waals surface area (Å²) in [7, 11) is 0. The molecule has 6 heteroatoms. The minimum absolute atomic E-state index is 0.0476. The Labute approximate surface area is 151 Å². The molecule has 132 valence electrons. The normalized spacial score (nSPS) is 11.6. The molecule has 2 amide bonds. The Balaban J connectivity index is 1.80. The molecule has 3 N–H and O–H groups in total. The highest BCUT2D eigenvalue weighted by atomic mass is 32.2. The fourth-order valence-electron chi connectivity index (χ4n) is 2.23. The molecule has 1 atom stereocenters. The van der Waals surface area contributed by atoms with Crippen molar-refractivity contribution < 1.29 is 14.7 Å². The number of carbonyl (C=O) groups is 2. The zero-order valence-electron chi connectivity index (χ0n) is 14.1. The first-order valence-corrected chi connectivity index (χ1v) is 9.01. The van der Waals surface area contributed by atoms with E-state index in [0.717, 1.165) is 0 Å². The van der Waals surface area contributed by atoms with Crippen molar-refractivity contribution in [2.45, 2.75) is 29.9 Å². The fraction of sp³-hybridized carbons (Fsp3) is 0.263. The third-order valence-electron chi connectivity index (χ3n) is 3.55. The van der Waals surface area contributed by atoms with E-state index in [2.05, 4.69) is 29.7 Å². The monoisotopic (exact) mass is 358 g/mol. The van der Waals surface area contributed by atoms with Crippen LogP contribution in [0.4, 0.5) is 10.5 Å². The van der Waals surface area contributed by atoms with Crippen LogP contribution >= 0.6 is 11.8 Å². The number of aliphatic carboxylic acids is 1. The number of hydrogen-bond donors (Lipinski definition) is 3. The van der Waals surface area contributed by atoms with Gasteiger partial charge in [0.15, 0.2) is 0 Å². The Bertz CT molecular complexity index is 690. The SMILES string of the molecule is CC(Sc1ccccc1)c1ccc(NC(=O)NCCCC(=O)O)cc1. The largest absolute Gasteiger partial charge is 0.481 e. The maximum absolute atomic E-state index is 11.7. The van der Waals surface area contributed by atoms with Gasteiger partial charge in [0.1, 0.15) is 0 Å². The van der Waals surface area contributed by atoms with Gasteiger partial charge in [-0.3, -0.25) is 4.79 Å². The Kier molecular flexibility index (Phi) is 7.35. The van der Waals surface area contributed by atoms with E-state index in [1.807, 2.05) is 42.5 Å². The Morgan fingerprint density at radius 1 is 1.08 bits per heavy atom. The van der Waals surface area contributed by atoms with Gasteiger partial charge in [0, 0.05) is 28.8 Å². The van der Waals surface area contributed by atoms with Crippen LogP contribution in [0.2, 0.25) is 0 Å².